The van der Waals surface area contributed by atoms with Crippen molar-refractivity contribution >= 4 is 36.6 Å². The molecule has 0 radical (unpaired) electrons. The average Bonchev–Trinajstić information content (AvgIpc) is 2.25. The Hall–Kier alpha value is -0.363. The molecule has 0 heterocycles. The van der Waals surface area contributed by atoms with Crippen LogP contribution in [0.15, 0.2) is 18.2 Å². The third-order valence-electron chi connectivity index (χ3n) is 3.30. The highest BCUT2D eigenvalue weighted by Crippen LogP contribution is 2.32. The highest BCUT2D eigenvalue weighted by molar-refractivity contribution is 14.1. The van der Waals surface area contributed by atoms with Crippen LogP contribution in [-0.4, -0.2) is 19.1 Å². The largest absolute Gasteiger partial charge is 0.478 e. The van der Waals surface area contributed by atoms with Gasteiger partial charge < -0.3 is 5.11 Å². The molecule has 0 aliphatic carbocycles. The third-order valence-corrected chi connectivity index (χ3v) is 7.01. The summed E-state index contributed by atoms with van der Waals surface area (Å²) in [5.41, 5.74) is 3.06. The van der Waals surface area contributed by atoms with Crippen molar-refractivity contribution in [1.29, 1.82) is 0 Å². The minimum absolute atomic E-state index is 0.361. The molecule has 94 valence electrons. The Morgan fingerprint density at radius 3 is 2.41 bits per heavy atom. The van der Waals surface area contributed by atoms with Gasteiger partial charge in [0.05, 0.1) is 13.6 Å². The molecule has 0 amide bonds. The standard InChI is InChI=1S/C13H19IO2Si/c1-9(17(2,3)4)12-10(8-14)6-5-7-11(12)13(15)16/h5-7,9H,8H2,1-4H3,(H,15,16). The first kappa shape index (κ1) is 14.7. The molecule has 1 aromatic carbocycles. The molecule has 4 heteroatoms. The molecule has 1 N–H and O–H groups in total. The van der Waals surface area contributed by atoms with Gasteiger partial charge in [0.2, 0.25) is 0 Å². The van der Waals surface area contributed by atoms with E-state index in [2.05, 4.69) is 49.2 Å². The van der Waals surface area contributed by atoms with E-state index in [1.54, 1.807) is 6.07 Å². The zero-order valence-corrected chi connectivity index (χ0v) is 13.9. The quantitative estimate of drug-likeness (QED) is 0.493. The van der Waals surface area contributed by atoms with Crippen LogP contribution in [0.1, 0.15) is 33.9 Å². The maximum atomic E-state index is 11.3. The Labute approximate surface area is 118 Å². The Morgan fingerprint density at radius 1 is 1.41 bits per heavy atom. The van der Waals surface area contributed by atoms with Crippen LogP contribution in [0, 0.1) is 0 Å². The number of alkyl halides is 1. The molecule has 0 aliphatic heterocycles. The van der Waals surface area contributed by atoms with E-state index in [0.717, 1.165) is 9.99 Å². The molecule has 1 aromatic rings. The lowest BCUT2D eigenvalue weighted by Gasteiger charge is -2.28. The number of carbonyl (C=O) groups is 1. The van der Waals surface area contributed by atoms with E-state index < -0.39 is 14.0 Å². The van der Waals surface area contributed by atoms with Crippen LogP contribution in [0.25, 0.3) is 0 Å². The number of carboxylic acid groups (broad SMARTS) is 1. The van der Waals surface area contributed by atoms with Gasteiger partial charge in [0.25, 0.3) is 0 Å². The molecule has 1 rings (SSSR count). The van der Waals surface area contributed by atoms with Crippen LogP contribution in [0.2, 0.25) is 19.6 Å². The summed E-state index contributed by atoms with van der Waals surface area (Å²) in [6.07, 6.45) is 0. The number of halogens is 1. The zero-order chi connectivity index (χ0) is 13.2. The van der Waals surface area contributed by atoms with E-state index in [0.29, 0.717) is 11.1 Å². The van der Waals surface area contributed by atoms with Crippen LogP contribution < -0.4 is 0 Å². The second-order valence-electron chi connectivity index (χ2n) is 5.40. The first-order valence-corrected chi connectivity index (χ1v) is 10.8. The van der Waals surface area contributed by atoms with Crippen molar-refractivity contribution in [2.75, 3.05) is 0 Å². The fourth-order valence-electron chi connectivity index (χ4n) is 1.86. The Balaban J connectivity index is 3.42. The van der Waals surface area contributed by atoms with Crippen molar-refractivity contribution in [3.05, 3.63) is 34.9 Å². The highest BCUT2D eigenvalue weighted by Gasteiger charge is 2.29. The van der Waals surface area contributed by atoms with E-state index in [4.69, 9.17) is 0 Å². The fraction of sp³-hybridized carbons (Fsp3) is 0.462. The number of benzene rings is 1. The van der Waals surface area contributed by atoms with E-state index in [-0.39, 0.29) is 0 Å². The van der Waals surface area contributed by atoms with Crippen LogP contribution in [0.4, 0.5) is 0 Å². The van der Waals surface area contributed by atoms with Gasteiger partial charge >= 0.3 is 5.97 Å². The zero-order valence-electron chi connectivity index (χ0n) is 10.7. The monoisotopic (exact) mass is 362 g/mol. The second kappa shape index (κ2) is 5.52. The lowest BCUT2D eigenvalue weighted by Crippen LogP contribution is -2.30. The predicted molar refractivity (Wildman–Crippen MR) is 82.9 cm³/mol. The van der Waals surface area contributed by atoms with Crippen molar-refractivity contribution < 1.29 is 9.90 Å². The van der Waals surface area contributed by atoms with Crippen molar-refractivity contribution in [3.8, 4) is 0 Å². The first-order valence-electron chi connectivity index (χ1n) is 5.70. The summed E-state index contributed by atoms with van der Waals surface area (Å²) in [6.45, 7) is 9.03. The Morgan fingerprint density at radius 2 is 2.00 bits per heavy atom. The van der Waals surface area contributed by atoms with Crippen molar-refractivity contribution in [2.24, 2.45) is 0 Å². The molecule has 2 nitrogen and oxygen atoms in total. The summed E-state index contributed by atoms with van der Waals surface area (Å²) in [5, 5.41) is 9.31. The van der Waals surface area contributed by atoms with Gasteiger partial charge in [-0.15, -0.1) is 0 Å². The topological polar surface area (TPSA) is 37.3 Å². The molecule has 0 aliphatic rings. The molecule has 1 unspecified atom stereocenters. The Kier molecular flexibility index (Phi) is 4.77. The fourth-order valence-corrected chi connectivity index (χ4v) is 3.73. The lowest BCUT2D eigenvalue weighted by molar-refractivity contribution is 0.0695. The average molecular weight is 362 g/mol. The molecule has 0 saturated carbocycles. The van der Waals surface area contributed by atoms with Crippen molar-refractivity contribution in [1.82, 2.24) is 0 Å². The molecule has 0 bridgehead atoms. The Bertz CT molecular complexity index is 424. The normalized spacial score (nSPS) is 13.5. The molecule has 0 saturated heterocycles. The number of rotatable bonds is 4. The SMILES string of the molecule is CC(c1c(CI)cccc1C(=O)O)[Si](C)(C)C. The van der Waals surface area contributed by atoms with Gasteiger partial charge in [-0.05, 0) is 22.7 Å². The maximum absolute atomic E-state index is 11.3. The summed E-state index contributed by atoms with van der Waals surface area (Å²) in [4.78, 5) is 11.3. The molecule has 1 atom stereocenters. The van der Waals surface area contributed by atoms with E-state index in [1.807, 2.05) is 12.1 Å². The van der Waals surface area contributed by atoms with E-state index in [9.17, 15) is 9.90 Å². The summed E-state index contributed by atoms with van der Waals surface area (Å²) in [5.74, 6) is -0.809. The molecular formula is C13H19IO2Si. The van der Waals surface area contributed by atoms with Gasteiger partial charge in [-0.1, -0.05) is 61.3 Å². The number of hydrogen-bond donors (Lipinski definition) is 1. The minimum atomic E-state index is -1.39. The van der Waals surface area contributed by atoms with Gasteiger partial charge in [0.15, 0.2) is 0 Å². The van der Waals surface area contributed by atoms with Gasteiger partial charge in [0.1, 0.15) is 0 Å². The summed E-state index contributed by atoms with van der Waals surface area (Å²) in [7, 11) is -1.39. The van der Waals surface area contributed by atoms with Crippen molar-refractivity contribution in [2.45, 2.75) is 36.5 Å². The lowest BCUT2D eigenvalue weighted by atomic mass is 9.99. The predicted octanol–water partition coefficient (Wildman–Crippen LogP) is 4.30. The van der Waals surface area contributed by atoms with Gasteiger partial charge in [-0.3, -0.25) is 0 Å². The number of aromatic carboxylic acids is 1. The summed E-state index contributed by atoms with van der Waals surface area (Å²) in [6, 6.07) is 5.62. The van der Waals surface area contributed by atoms with Gasteiger partial charge in [-0.25, -0.2) is 4.79 Å². The number of hydrogen-bond acceptors (Lipinski definition) is 1. The number of carboxylic acids is 1. The van der Waals surface area contributed by atoms with Gasteiger partial charge in [-0.2, -0.15) is 0 Å². The summed E-state index contributed by atoms with van der Waals surface area (Å²) >= 11 is 2.30. The van der Waals surface area contributed by atoms with Crippen LogP contribution in [0.5, 0.6) is 0 Å². The van der Waals surface area contributed by atoms with Crippen LogP contribution >= 0.6 is 22.6 Å². The second-order valence-corrected chi connectivity index (χ2v) is 11.8. The maximum Gasteiger partial charge on any atom is 0.335 e. The van der Waals surface area contributed by atoms with E-state index in [1.165, 1.54) is 5.56 Å². The molecule has 0 aromatic heterocycles. The first-order chi connectivity index (χ1) is 7.79. The van der Waals surface area contributed by atoms with Crippen molar-refractivity contribution in [3.63, 3.8) is 0 Å². The van der Waals surface area contributed by atoms with Crippen LogP contribution in [-0.2, 0) is 4.43 Å². The van der Waals surface area contributed by atoms with E-state index >= 15 is 0 Å². The smallest absolute Gasteiger partial charge is 0.335 e. The minimum Gasteiger partial charge on any atom is -0.478 e. The highest BCUT2D eigenvalue weighted by atomic mass is 127. The van der Waals surface area contributed by atoms with Gasteiger partial charge in [0, 0.05) is 4.43 Å². The molecular weight excluding hydrogens is 343 g/mol. The summed E-state index contributed by atoms with van der Waals surface area (Å²) < 4.78 is 0.864. The molecule has 0 fully saturated rings. The van der Waals surface area contributed by atoms with Crippen LogP contribution in [0.3, 0.4) is 0 Å². The molecule has 17 heavy (non-hydrogen) atoms. The molecule has 0 spiro atoms. The third kappa shape index (κ3) is 3.31.